The quantitative estimate of drug-likeness (QED) is 0.183. The molecule has 1 aliphatic rings. The van der Waals surface area contributed by atoms with Crippen LogP contribution < -0.4 is 0 Å². The van der Waals surface area contributed by atoms with Gasteiger partial charge in [-0.25, -0.2) is 4.68 Å². The molecule has 4 rings (SSSR count). The van der Waals surface area contributed by atoms with Gasteiger partial charge in [0, 0.05) is 35.3 Å². The summed E-state index contributed by atoms with van der Waals surface area (Å²) in [4.78, 5) is 25.9. The van der Waals surface area contributed by atoms with Crippen molar-refractivity contribution in [3.8, 4) is 16.9 Å². The summed E-state index contributed by atoms with van der Waals surface area (Å²) in [6.45, 7) is 0.459. The van der Waals surface area contributed by atoms with Gasteiger partial charge in [-0.1, -0.05) is 71.8 Å². The number of unbranched alkanes of at least 4 members (excludes halogenated alkanes) is 2. The minimum atomic E-state index is -0.814. The number of aliphatic carboxylic acids is 1. The summed E-state index contributed by atoms with van der Waals surface area (Å²) < 4.78 is 2.23. The first-order chi connectivity index (χ1) is 16.8. The number of thioether (sulfide) groups is 1. The van der Waals surface area contributed by atoms with Crippen molar-refractivity contribution < 1.29 is 14.7 Å². The lowest BCUT2D eigenvalue weighted by molar-refractivity contribution is -0.137. The lowest BCUT2D eigenvalue weighted by Gasteiger charge is -2.13. The highest BCUT2D eigenvalue weighted by Crippen LogP contribution is 2.37. The van der Waals surface area contributed by atoms with Crippen LogP contribution in [0.25, 0.3) is 23.0 Å². The maximum absolute atomic E-state index is 13.1. The molecule has 3 aromatic rings. The van der Waals surface area contributed by atoms with Gasteiger partial charge in [0.05, 0.1) is 15.6 Å². The van der Waals surface area contributed by atoms with Crippen LogP contribution in [0.15, 0.2) is 59.6 Å². The molecule has 0 bridgehead atoms. The highest BCUT2D eigenvalue weighted by atomic mass is 35.5. The Bertz CT molecular complexity index is 1310. The minimum absolute atomic E-state index is 0.125. The molecule has 0 spiro atoms. The fourth-order valence-electron chi connectivity index (χ4n) is 3.65. The number of para-hydroxylation sites is 1. The molecule has 0 radical (unpaired) electrons. The highest BCUT2D eigenvalue weighted by molar-refractivity contribution is 8.26. The zero-order valence-corrected chi connectivity index (χ0v) is 21.6. The van der Waals surface area contributed by atoms with E-state index in [9.17, 15) is 9.59 Å². The Hall–Kier alpha value is -2.65. The summed E-state index contributed by atoms with van der Waals surface area (Å²) in [5.41, 5.74) is 2.91. The molecule has 2 aromatic carbocycles. The van der Waals surface area contributed by atoms with Crippen LogP contribution in [0.4, 0.5) is 0 Å². The number of carbonyl (C=O) groups is 2. The van der Waals surface area contributed by atoms with E-state index in [0.717, 1.165) is 11.3 Å². The van der Waals surface area contributed by atoms with Crippen molar-refractivity contribution in [2.45, 2.75) is 25.7 Å². The van der Waals surface area contributed by atoms with E-state index in [1.54, 1.807) is 27.8 Å². The topological polar surface area (TPSA) is 75.4 Å². The van der Waals surface area contributed by atoms with Crippen LogP contribution >= 0.6 is 47.2 Å². The molecule has 180 valence electrons. The molecule has 1 amide bonds. The number of hydrogen-bond donors (Lipinski definition) is 1. The third-order valence-corrected chi connectivity index (χ3v) is 7.31. The van der Waals surface area contributed by atoms with Crippen LogP contribution in [-0.2, 0) is 9.59 Å². The van der Waals surface area contributed by atoms with E-state index in [4.69, 9.17) is 45.6 Å². The van der Waals surface area contributed by atoms with Crippen molar-refractivity contribution in [3.63, 3.8) is 0 Å². The number of benzene rings is 2. The van der Waals surface area contributed by atoms with E-state index >= 15 is 0 Å². The third kappa shape index (κ3) is 6.13. The second-order valence-electron chi connectivity index (χ2n) is 7.88. The van der Waals surface area contributed by atoms with Gasteiger partial charge in [0.1, 0.15) is 10.0 Å². The zero-order valence-electron chi connectivity index (χ0n) is 18.5. The zero-order chi connectivity index (χ0) is 24.9. The number of aromatic nitrogens is 2. The number of nitrogens with zero attached hydrogens (tertiary/aromatic N) is 3. The highest BCUT2D eigenvalue weighted by Gasteiger charge is 2.32. The van der Waals surface area contributed by atoms with Crippen molar-refractivity contribution in [2.75, 3.05) is 6.54 Å². The van der Waals surface area contributed by atoms with Gasteiger partial charge < -0.3 is 5.11 Å². The normalized spacial score (nSPS) is 14.8. The summed E-state index contributed by atoms with van der Waals surface area (Å²) in [5, 5.41) is 14.5. The summed E-state index contributed by atoms with van der Waals surface area (Å²) >= 11 is 19.3. The van der Waals surface area contributed by atoms with Gasteiger partial charge >= 0.3 is 5.97 Å². The number of carbonyl (C=O) groups excluding carboxylic acids is 1. The average molecular weight is 547 g/mol. The van der Waals surface area contributed by atoms with Crippen molar-refractivity contribution in [2.24, 2.45) is 0 Å². The lowest BCUT2D eigenvalue weighted by Crippen LogP contribution is -2.29. The number of amides is 1. The first-order valence-corrected chi connectivity index (χ1v) is 12.9. The molecule has 0 unspecified atom stereocenters. The van der Waals surface area contributed by atoms with Crippen LogP contribution in [0.2, 0.25) is 10.0 Å². The molecule has 1 saturated heterocycles. The van der Waals surface area contributed by atoms with E-state index in [1.165, 1.54) is 11.8 Å². The van der Waals surface area contributed by atoms with Crippen LogP contribution in [0, 0.1) is 0 Å². The molecule has 6 nitrogen and oxygen atoms in total. The summed E-state index contributed by atoms with van der Waals surface area (Å²) in [7, 11) is 0. The number of hydrogen-bond acceptors (Lipinski definition) is 5. The van der Waals surface area contributed by atoms with Crippen LogP contribution in [0.5, 0.6) is 0 Å². The molecule has 0 atom stereocenters. The maximum Gasteiger partial charge on any atom is 0.303 e. The van der Waals surface area contributed by atoms with E-state index in [0.29, 0.717) is 56.3 Å². The Kier molecular flexibility index (Phi) is 8.28. The predicted octanol–water partition coefficient (Wildman–Crippen LogP) is 6.69. The van der Waals surface area contributed by atoms with Crippen molar-refractivity contribution in [3.05, 3.63) is 75.2 Å². The van der Waals surface area contributed by atoms with Gasteiger partial charge in [0.2, 0.25) is 0 Å². The average Bonchev–Trinajstić information content (AvgIpc) is 3.35. The molecule has 0 saturated carbocycles. The molecule has 1 fully saturated rings. The van der Waals surface area contributed by atoms with Gasteiger partial charge in [-0.3, -0.25) is 14.5 Å². The maximum atomic E-state index is 13.1. The first-order valence-electron chi connectivity index (χ1n) is 10.9. The molecular formula is C25H21Cl2N3O3S2. The molecule has 1 aliphatic heterocycles. The standard InChI is InChI=1S/C25H21Cl2N3O3S2/c26-17-10-11-19(20(27)14-17)23-16(15-30(28-23)18-7-3-1-4-8-18)13-21-24(33)29(25(34)35-21)12-6-2-5-9-22(31)32/h1,3-4,7-8,10-11,13-15H,2,5-6,9,12H2,(H,31,32)/b21-13-. The van der Waals surface area contributed by atoms with Gasteiger partial charge in [-0.2, -0.15) is 5.10 Å². The van der Waals surface area contributed by atoms with E-state index in [1.807, 2.05) is 42.6 Å². The monoisotopic (exact) mass is 545 g/mol. The van der Waals surface area contributed by atoms with Crippen LogP contribution in [-0.4, -0.2) is 42.5 Å². The second kappa shape index (κ2) is 11.4. The molecule has 2 heterocycles. The van der Waals surface area contributed by atoms with Gasteiger partial charge in [0.15, 0.2) is 0 Å². The Morgan fingerprint density at radius 3 is 2.60 bits per heavy atom. The first kappa shape index (κ1) is 25.4. The number of carboxylic acid groups (broad SMARTS) is 1. The van der Waals surface area contributed by atoms with E-state index < -0.39 is 5.97 Å². The van der Waals surface area contributed by atoms with Gasteiger partial charge in [-0.15, -0.1) is 0 Å². The Morgan fingerprint density at radius 2 is 1.89 bits per heavy atom. The number of carboxylic acids is 1. The van der Waals surface area contributed by atoms with Crippen LogP contribution in [0.1, 0.15) is 31.2 Å². The van der Waals surface area contributed by atoms with Gasteiger partial charge in [-0.05, 0) is 49.2 Å². The SMILES string of the molecule is O=C(O)CCCCCN1C(=O)/C(=C/c2cn(-c3ccccc3)nc2-c2ccc(Cl)cc2Cl)SC1=S. The largest absolute Gasteiger partial charge is 0.481 e. The number of rotatable bonds is 9. The molecule has 10 heteroatoms. The van der Waals surface area contributed by atoms with Gasteiger partial charge in [0.25, 0.3) is 5.91 Å². The Morgan fingerprint density at radius 1 is 1.11 bits per heavy atom. The molecule has 1 N–H and O–H groups in total. The predicted molar refractivity (Wildman–Crippen MR) is 145 cm³/mol. The molecule has 1 aromatic heterocycles. The van der Waals surface area contributed by atoms with Crippen molar-refractivity contribution in [1.82, 2.24) is 14.7 Å². The Balaban J connectivity index is 1.63. The fraction of sp³-hybridized carbons (Fsp3) is 0.200. The van der Waals surface area contributed by atoms with Crippen LogP contribution in [0.3, 0.4) is 0 Å². The summed E-state index contributed by atoms with van der Waals surface area (Å²) in [6.07, 6.45) is 5.74. The lowest BCUT2D eigenvalue weighted by atomic mass is 10.1. The third-order valence-electron chi connectivity index (χ3n) is 5.38. The second-order valence-corrected chi connectivity index (χ2v) is 10.4. The molecule has 0 aliphatic carbocycles. The Labute approximate surface area is 222 Å². The smallest absolute Gasteiger partial charge is 0.303 e. The molecular weight excluding hydrogens is 525 g/mol. The van der Waals surface area contributed by atoms with Crippen molar-refractivity contribution in [1.29, 1.82) is 0 Å². The fourth-order valence-corrected chi connectivity index (χ4v) is 5.45. The number of halogens is 2. The minimum Gasteiger partial charge on any atom is -0.481 e. The summed E-state index contributed by atoms with van der Waals surface area (Å²) in [5.74, 6) is -0.981. The van der Waals surface area contributed by atoms with E-state index in [-0.39, 0.29) is 12.3 Å². The van der Waals surface area contributed by atoms with Crippen molar-refractivity contribution >= 4 is 69.5 Å². The molecule has 35 heavy (non-hydrogen) atoms. The number of thiocarbonyl (C=S) groups is 1. The summed E-state index contributed by atoms with van der Waals surface area (Å²) in [6, 6.07) is 14.9. The van der Waals surface area contributed by atoms with E-state index in [2.05, 4.69) is 0 Å².